The summed E-state index contributed by atoms with van der Waals surface area (Å²) in [4.78, 5) is 10.3. The molecule has 4 heterocycles. The Morgan fingerprint density at radius 2 is 1.02 bits per heavy atom. The van der Waals surface area contributed by atoms with Gasteiger partial charge >= 0.3 is 0 Å². The molecule has 0 fully saturated rings. The fourth-order valence-electron chi connectivity index (χ4n) is 9.65. The van der Waals surface area contributed by atoms with Crippen molar-refractivity contribution in [3.63, 3.8) is 0 Å². The standard InChI is InChI=1S/C57H37N5O/c1-4-16-36(17-5-1)38-20-14-21-39(32-38)56-58-55(37-18-6-2-7-19-37)59-57(60-56)40-30-31-44-45-26-15-29-50(54(45)63-53(44)33-40)62-49-28-13-11-25-43(49)47-34-51-46(35-52(47)62)42-24-10-12-27-48(42)61(51)41-22-8-3-9-23-41/h1-35,56H,(H,58,59,60). The molecule has 0 saturated heterocycles. The minimum atomic E-state index is -0.349. The van der Waals surface area contributed by atoms with Gasteiger partial charge in [0.2, 0.25) is 0 Å². The number of nitrogens with zero attached hydrogens (tertiary/aromatic N) is 4. The summed E-state index contributed by atoms with van der Waals surface area (Å²) in [5.74, 6) is 1.42. The molecule has 3 aromatic heterocycles. The average molecular weight is 808 g/mol. The zero-order valence-corrected chi connectivity index (χ0v) is 34.0. The van der Waals surface area contributed by atoms with Gasteiger partial charge in [0, 0.05) is 49.1 Å². The van der Waals surface area contributed by atoms with Gasteiger partial charge in [-0.2, -0.15) is 0 Å². The van der Waals surface area contributed by atoms with E-state index in [1.165, 1.54) is 32.6 Å². The summed E-state index contributed by atoms with van der Waals surface area (Å²) in [6.07, 6.45) is -0.349. The van der Waals surface area contributed by atoms with Gasteiger partial charge in [0.05, 0.1) is 27.8 Å². The van der Waals surface area contributed by atoms with E-state index in [9.17, 15) is 0 Å². The van der Waals surface area contributed by atoms with Crippen LogP contribution in [-0.2, 0) is 0 Å². The molecule has 1 aliphatic heterocycles. The summed E-state index contributed by atoms with van der Waals surface area (Å²) >= 11 is 0. The number of amidine groups is 2. The zero-order chi connectivity index (χ0) is 41.4. The Hall–Kier alpha value is -8.48. The van der Waals surface area contributed by atoms with Gasteiger partial charge in [-0.1, -0.05) is 152 Å². The van der Waals surface area contributed by atoms with Crippen LogP contribution in [0.3, 0.4) is 0 Å². The van der Waals surface area contributed by atoms with Crippen LogP contribution in [0.25, 0.3) is 88.1 Å². The monoisotopic (exact) mass is 807 g/mol. The number of para-hydroxylation sites is 4. The van der Waals surface area contributed by atoms with E-state index in [1.54, 1.807) is 0 Å². The highest BCUT2D eigenvalue weighted by atomic mass is 16.3. The van der Waals surface area contributed by atoms with Crippen molar-refractivity contribution < 1.29 is 4.42 Å². The molecule has 0 bridgehead atoms. The summed E-state index contributed by atoms with van der Waals surface area (Å²) in [5, 5.41) is 10.6. The molecule has 0 saturated carbocycles. The first-order valence-electron chi connectivity index (χ1n) is 21.4. The molecule has 13 rings (SSSR count). The van der Waals surface area contributed by atoms with E-state index in [0.717, 1.165) is 78.0 Å². The number of hydrogen-bond acceptors (Lipinski definition) is 4. The number of furan rings is 1. The molecule has 9 aromatic carbocycles. The molecule has 0 amide bonds. The second-order valence-corrected chi connectivity index (χ2v) is 16.2. The topological polar surface area (TPSA) is 59.8 Å². The molecule has 1 atom stereocenters. The van der Waals surface area contributed by atoms with Gasteiger partial charge < -0.3 is 18.9 Å². The maximum Gasteiger partial charge on any atom is 0.159 e. The second-order valence-electron chi connectivity index (χ2n) is 16.2. The van der Waals surface area contributed by atoms with Gasteiger partial charge in [-0.15, -0.1) is 0 Å². The van der Waals surface area contributed by atoms with Gasteiger partial charge in [0.1, 0.15) is 17.6 Å². The molecular formula is C57H37N5O. The lowest BCUT2D eigenvalue weighted by molar-refractivity contribution is 0.664. The molecule has 296 valence electrons. The van der Waals surface area contributed by atoms with Gasteiger partial charge in [0.15, 0.2) is 11.4 Å². The van der Waals surface area contributed by atoms with Crippen LogP contribution < -0.4 is 5.32 Å². The molecular weight excluding hydrogens is 771 g/mol. The molecule has 12 aromatic rings. The minimum absolute atomic E-state index is 0.349. The van der Waals surface area contributed by atoms with E-state index in [4.69, 9.17) is 14.4 Å². The first-order chi connectivity index (χ1) is 31.2. The third-order valence-electron chi connectivity index (χ3n) is 12.6. The average Bonchev–Trinajstić information content (AvgIpc) is 4.01. The lowest BCUT2D eigenvalue weighted by Gasteiger charge is -2.24. The summed E-state index contributed by atoms with van der Waals surface area (Å²) in [6.45, 7) is 0. The highest BCUT2D eigenvalue weighted by Crippen LogP contribution is 2.42. The first-order valence-corrected chi connectivity index (χ1v) is 21.4. The lowest BCUT2D eigenvalue weighted by atomic mass is 10.0. The molecule has 0 aliphatic carbocycles. The molecule has 6 heteroatoms. The van der Waals surface area contributed by atoms with Crippen molar-refractivity contribution in [1.29, 1.82) is 0 Å². The molecule has 1 unspecified atom stereocenters. The normalized spacial score (nSPS) is 14.2. The van der Waals surface area contributed by atoms with Gasteiger partial charge in [-0.05, 0) is 77.4 Å². The maximum atomic E-state index is 7.01. The molecule has 0 radical (unpaired) electrons. The Kier molecular flexibility index (Phi) is 7.87. The van der Waals surface area contributed by atoms with Crippen molar-refractivity contribution >= 4 is 77.2 Å². The van der Waals surface area contributed by atoms with Crippen molar-refractivity contribution in [2.75, 3.05) is 0 Å². The number of aliphatic imine (C=N–C) groups is 2. The molecule has 6 nitrogen and oxygen atoms in total. The summed E-state index contributed by atoms with van der Waals surface area (Å²) in [7, 11) is 0. The van der Waals surface area contributed by atoms with E-state index in [2.05, 4.69) is 203 Å². The number of rotatable bonds is 6. The van der Waals surface area contributed by atoms with Crippen LogP contribution >= 0.6 is 0 Å². The van der Waals surface area contributed by atoms with Gasteiger partial charge in [-0.3, -0.25) is 0 Å². The van der Waals surface area contributed by atoms with Gasteiger partial charge in [0.25, 0.3) is 0 Å². The summed E-state index contributed by atoms with van der Waals surface area (Å²) < 4.78 is 11.8. The Balaban J connectivity index is 0.964. The van der Waals surface area contributed by atoms with Crippen LogP contribution in [-0.4, -0.2) is 20.8 Å². The van der Waals surface area contributed by atoms with Crippen molar-refractivity contribution in [3.05, 3.63) is 229 Å². The number of hydrogen-bond donors (Lipinski definition) is 1. The van der Waals surface area contributed by atoms with Crippen LogP contribution in [0.5, 0.6) is 0 Å². The van der Waals surface area contributed by atoms with Crippen molar-refractivity contribution in [2.45, 2.75) is 6.17 Å². The van der Waals surface area contributed by atoms with E-state index in [1.807, 2.05) is 24.3 Å². The highest BCUT2D eigenvalue weighted by Gasteiger charge is 2.24. The van der Waals surface area contributed by atoms with Gasteiger partial charge in [-0.25, -0.2) is 9.98 Å². The van der Waals surface area contributed by atoms with E-state index in [0.29, 0.717) is 5.84 Å². The second kappa shape index (κ2) is 14.0. The van der Waals surface area contributed by atoms with Crippen LogP contribution in [0.2, 0.25) is 0 Å². The van der Waals surface area contributed by atoms with Crippen LogP contribution in [0.15, 0.2) is 227 Å². The SMILES string of the molecule is c1ccc(C2=NC(c3cccc(-c4ccccc4)c3)NC(c3ccc4c(c3)oc3c(-n5c6ccccc6c6cc7c(cc65)c5ccccc5n7-c5ccccc5)cccc34)=N2)cc1. The van der Waals surface area contributed by atoms with Crippen LogP contribution in [0, 0.1) is 0 Å². The summed E-state index contributed by atoms with van der Waals surface area (Å²) in [6, 6.07) is 75.0. The number of aromatic nitrogens is 2. The number of benzene rings is 9. The van der Waals surface area contributed by atoms with Crippen LogP contribution in [0.1, 0.15) is 22.9 Å². The Morgan fingerprint density at radius 3 is 1.76 bits per heavy atom. The molecule has 1 N–H and O–H groups in total. The third-order valence-corrected chi connectivity index (χ3v) is 12.6. The predicted octanol–water partition coefficient (Wildman–Crippen LogP) is 13.9. The minimum Gasteiger partial charge on any atom is -0.454 e. The fourth-order valence-corrected chi connectivity index (χ4v) is 9.65. The van der Waals surface area contributed by atoms with Crippen LogP contribution in [0.4, 0.5) is 0 Å². The molecule has 0 spiro atoms. The van der Waals surface area contributed by atoms with Crippen molar-refractivity contribution in [2.24, 2.45) is 9.98 Å². The Bertz CT molecular complexity index is 3820. The first kappa shape index (κ1) is 35.3. The fraction of sp³-hybridized carbons (Fsp3) is 0.0175. The Labute approximate surface area is 362 Å². The smallest absolute Gasteiger partial charge is 0.159 e. The van der Waals surface area contributed by atoms with E-state index >= 15 is 0 Å². The Morgan fingerprint density at radius 1 is 0.413 bits per heavy atom. The molecule has 63 heavy (non-hydrogen) atoms. The van der Waals surface area contributed by atoms with Crippen molar-refractivity contribution in [1.82, 2.24) is 14.5 Å². The largest absolute Gasteiger partial charge is 0.454 e. The summed E-state index contributed by atoms with van der Waals surface area (Å²) in [5.41, 5.74) is 13.6. The highest BCUT2D eigenvalue weighted by molar-refractivity contribution is 6.20. The lowest BCUT2D eigenvalue weighted by Crippen LogP contribution is -2.33. The quantitative estimate of drug-likeness (QED) is 0.182. The zero-order valence-electron chi connectivity index (χ0n) is 34.0. The molecule has 1 aliphatic rings. The number of nitrogens with one attached hydrogen (secondary N) is 1. The number of fused-ring (bicyclic) bond motifs is 9. The predicted molar refractivity (Wildman–Crippen MR) is 260 cm³/mol. The van der Waals surface area contributed by atoms with E-state index in [-0.39, 0.29) is 6.17 Å². The third kappa shape index (κ3) is 5.65. The van der Waals surface area contributed by atoms with E-state index < -0.39 is 0 Å². The maximum absolute atomic E-state index is 7.01. The van der Waals surface area contributed by atoms with Crippen molar-refractivity contribution in [3.8, 4) is 22.5 Å².